The molecule has 0 radical (unpaired) electrons. The zero-order valence-corrected chi connectivity index (χ0v) is 18.8. The Morgan fingerprint density at radius 3 is 2.61 bits per heavy atom. The molecule has 0 saturated heterocycles. The highest BCUT2D eigenvalue weighted by Crippen LogP contribution is 2.21. The van der Waals surface area contributed by atoms with E-state index in [0.29, 0.717) is 33.0 Å². The summed E-state index contributed by atoms with van der Waals surface area (Å²) >= 11 is 7.18. The van der Waals surface area contributed by atoms with Crippen molar-refractivity contribution in [2.24, 2.45) is 7.05 Å². The number of carbonyl (C=O) groups is 2. The molecule has 2 amide bonds. The molecular formula is C21H22ClN5O3S. The van der Waals surface area contributed by atoms with Crippen LogP contribution in [0, 0.1) is 0 Å². The molecule has 0 bridgehead atoms. The van der Waals surface area contributed by atoms with Gasteiger partial charge in [0, 0.05) is 23.3 Å². The van der Waals surface area contributed by atoms with Crippen molar-refractivity contribution in [2.75, 3.05) is 18.2 Å². The molecule has 1 atom stereocenters. The van der Waals surface area contributed by atoms with E-state index >= 15 is 0 Å². The number of ether oxygens (including phenoxy) is 1. The summed E-state index contributed by atoms with van der Waals surface area (Å²) in [6, 6.07) is 13.4. The van der Waals surface area contributed by atoms with Crippen LogP contribution in [0.4, 0.5) is 5.69 Å². The van der Waals surface area contributed by atoms with Crippen LogP contribution in [-0.4, -0.2) is 39.4 Å². The normalized spacial score (nSPS) is 11.6. The predicted octanol–water partition coefficient (Wildman–Crippen LogP) is 3.70. The molecule has 0 saturated carbocycles. The first-order valence-electron chi connectivity index (χ1n) is 9.40. The van der Waals surface area contributed by atoms with E-state index in [1.807, 2.05) is 6.92 Å². The minimum absolute atomic E-state index is 0.158. The molecule has 0 aliphatic heterocycles. The van der Waals surface area contributed by atoms with E-state index in [9.17, 15) is 9.59 Å². The Kier molecular flexibility index (Phi) is 7.54. The molecule has 0 unspecified atom stereocenters. The summed E-state index contributed by atoms with van der Waals surface area (Å²) in [4.78, 5) is 24.7. The van der Waals surface area contributed by atoms with E-state index in [1.165, 1.54) is 11.8 Å². The fourth-order valence-corrected chi connectivity index (χ4v) is 3.72. The van der Waals surface area contributed by atoms with Crippen LogP contribution >= 0.6 is 23.4 Å². The second kappa shape index (κ2) is 10.3. The van der Waals surface area contributed by atoms with Crippen molar-refractivity contribution in [3.8, 4) is 5.75 Å². The van der Waals surface area contributed by atoms with Crippen molar-refractivity contribution in [3.63, 3.8) is 0 Å². The molecule has 0 fully saturated rings. The van der Waals surface area contributed by atoms with E-state index < -0.39 is 0 Å². The number of anilines is 1. The van der Waals surface area contributed by atoms with Gasteiger partial charge in [0.1, 0.15) is 5.75 Å². The van der Waals surface area contributed by atoms with E-state index in [1.54, 1.807) is 67.3 Å². The Morgan fingerprint density at radius 2 is 1.94 bits per heavy atom. The van der Waals surface area contributed by atoms with Gasteiger partial charge in [0.05, 0.1) is 18.9 Å². The van der Waals surface area contributed by atoms with Gasteiger partial charge in [-0.3, -0.25) is 9.59 Å². The van der Waals surface area contributed by atoms with Gasteiger partial charge in [0.25, 0.3) is 5.91 Å². The van der Waals surface area contributed by atoms with Crippen LogP contribution in [0.3, 0.4) is 0 Å². The highest BCUT2D eigenvalue weighted by Gasteiger charge is 2.19. The summed E-state index contributed by atoms with van der Waals surface area (Å²) in [5, 5.41) is 15.1. The summed E-state index contributed by atoms with van der Waals surface area (Å²) in [6.07, 6.45) is 0. The molecule has 2 aromatic carbocycles. The van der Waals surface area contributed by atoms with Crippen LogP contribution in [0.5, 0.6) is 5.75 Å². The third-order valence-corrected chi connectivity index (χ3v) is 5.65. The number of nitrogens with zero attached hydrogens (tertiary/aromatic N) is 3. The van der Waals surface area contributed by atoms with E-state index in [4.69, 9.17) is 16.3 Å². The Labute approximate surface area is 189 Å². The number of hydrogen-bond donors (Lipinski definition) is 2. The van der Waals surface area contributed by atoms with Gasteiger partial charge >= 0.3 is 0 Å². The van der Waals surface area contributed by atoms with Crippen molar-refractivity contribution in [1.82, 2.24) is 20.1 Å². The number of rotatable bonds is 8. The highest BCUT2D eigenvalue weighted by atomic mass is 35.5. The van der Waals surface area contributed by atoms with E-state index in [0.717, 1.165) is 0 Å². The van der Waals surface area contributed by atoms with Crippen LogP contribution in [0.25, 0.3) is 0 Å². The van der Waals surface area contributed by atoms with Gasteiger partial charge < -0.3 is 19.9 Å². The third kappa shape index (κ3) is 5.99. The quantitative estimate of drug-likeness (QED) is 0.498. The minimum atomic E-state index is -0.373. The zero-order chi connectivity index (χ0) is 22.4. The lowest BCUT2D eigenvalue weighted by molar-refractivity contribution is -0.113. The molecule has 162 valence electrons. The standard InChI is InChI=1S/C21H22ClN5O3S/c1-13(23-20(29)14-7-9-17(30-3)10-8-14)19-25-26-21(27(19)2)31-12-18(28)24-16-6-4-5-15(22)11-16/h4-11,13H,12H2,1-3H3,(H,23,29)(H,24,28)/t13-/m0/s1. The molecule has 1 heterocycles. The lowest BCUT2D eigenvalue weighted by Crippen LogP contribution is -2.28. The van der Waals surface area contributed by atoms with Gasteiger partial charge in [0.2, 0.25) is 5.91 Å². The van der Waals surface area contributed by atoms with Gasteiger partial charge in [-0.05, 0) is 49.4 Å². The predicted molar refractivity (Wildman–Crippen MR) is 121 cm³/mol. The molecule has 2 N–H and O–H groups in total. The number of hydrogen-bond acceptors (Lipinski definition) is 6. The second-order valence-electron chi connectivity index (χ2n) is 6.67. The number of halogens is 1. The number of nitrogens with one attached hydrogen (secondary N) is 2. The average Bonchev–Trinajstić information content (AvgIpc) is 3.12. The molecule has 3 rings (SSSR count). The molecule has 0 aliphatic carbocycles. The Bertz CT molecular complexity index is 1070. The first kappa shape index (κ1) is 22.6. The van der Waals surface area contributed by atoms with Gasteiger partial charge in [-0.2, -0.15) is 0 Å². The van der Waals surface area contributed by atoms with Gasteiger partial charge in [-0.1, -0.05) is 29.4 Å². The molecule has 0 spiro atoms. The first-order chi connectivity index (χ1) is 14.9. The van der Waals surface area contributed by atoms with Gasteiger partial charge in [-0.25, -0.2) is 0 Å². The highest BCUT2D eigenvalue weighted by molar-refractivity contribution is 7.99. The summed E-state index contributed by atoms with van der Waals surface area (Å²) in [7, 11) is 3.37. The Hall–Kier alpha value is -3.04. The summed E-state index contributed by atoms with van der Waals surface area (Å²) < 4.78 is 6.87. The Balaban J connectivity index is 1.57. The smallest absolute Gasteiger partial charge is 0.251 e. The monoisotopic (exact) mass is 459 g/mol. The van der Waals surface area contributed by atoms with Crippen LogP contribution in [0.1, 0.15) is 29.1 Å². The molecular weight excluding hydrogens is 438 g/mol. The number of benzene rings is 2. The summed E-state index contributed by atoms with van der Waals surface area (Å²) in [5.74, 6) is 1.01. The molecule has 0 aliphatic rings. The number of carbonyl (C=O) groups excluding carboxylic acids is 2. The number of aromatic nitrogens is 3. The lowest BCUT2D eigenvalue weighted by atomic mass is 10.2. The maximum Gasteiger partial charge on any atom is 0.251 e. The topological polar surface area (TPSA) is 98.1 Å². The number of thioether (sulfide) groups is 1. The largest absolute Gasteiger partial charge is 0.497 e. The van der Waals surface area contributed by atoms with Crippen LogP contribution in [0.15, 0.2) is 53.7 Å². The Morgan fingerprint density at radius 1 is 1.19 bits per heavy atom. The fraction of sp³-hybridized carbons (Fsp3) is 0.238. The van der Waals surface area contributed by atoms with Crippen molar-refractivity contribution in [2.45, 2.75) is 18.1 Å². The van der Waals surface area contributed by atoms with Crippen LogP contribution in [-0.2, 0) is 11.8 Å². The summed E-state index contributed by atoms with van der Waals surface area (Å²) in [5.41, 5.74) is 1.15. The van der Waals surface area contributed by atoms with Gasteiger partial charge in [-0.15, -0.1) is 10.2 Å². The first-order valence-corrected chi connectivity index (χ1v) is 10.8. The van der Waals surface area contributed by atoms with Gasteiger partial charge in [0.15, 0.2) is 11.0 Å². The van der Waals surface area contributed by atoms with Crippen LogP contribution < -0.4 is 15.4 Å². The van der Waals surface area contributed by atoms with Crippen LogP contribution in [0.2, 0.25) is 5.02 Å². The fourth-order valence-electron chi connectivity index (χ4n) is 2.81. The average molecular weight is 460 g/mol. The zero-order valence-electron chi connectivity index (χ0n) is 17.3. The minimum Gasteiger partial charge on any atom is -0.497 e. The second-order valence-corrected chi connectivity index (χ2v) is 8.05. The summed E-state index contributed by atoms with van der Waals surface area (Å²) in [6.45, 7) is 1.83. The molecule has 1 aromatic heterocycles. The van der Waals surface area contributed by atoms with Crippen molar-refractivity contribution < 1.29 is 14.3 Å². The third-order valence-electron chi connectivity index (χ3n) is 4.40. The number of methoxy groups -OCH3 is 1. The van der Waals surface area contributed by atoms with E-state index in [2.05, 4.69) is 20.8 Å². The van der Waals surface area contributed by atoms with Crippen molar-refractivity contribution in [1.29, 1.82) is 0 Å². The number of amides is 2. The molecule has 3 aromatic rings. The molecule has 8 nitrogen and oxygen atoms in total. The van der Waals surface area contributed by atoms with Crippen molar-refractivity contribution in [3.05, 3.63) is 64.9 Å². The van der Waals surface area contributed by atoms with Crippen molar-refractivity contribution >= 4 is 40.9 Å². The lowest BCUT2D eigenvalue weighted by Gasteiger charge is -2.14. The maximum atomic E-state index is 12.5. The molecule has 10 heteroatoms. The van der Waals surface area contributed by atoms with E-state index in [-0.39, 0.29) is 23.6 Å². The molecule has 31 heavy (non-hydrogen) atoms. The SMILES string of the molecule is COc1ccc(C(=O)N[C@@H](C)c2nnc(SCC(=O)Nc3cccc(Cl)c3)n2C)cc1. The maximum absolute atomic E-state index is 12.5.